The van der Waals surface area contributed by atoms with Crippen LogP contribution in [0.15, 0.2) is 0 Å². The van der Waals surface area contributed by atoms with Gasteiger partial charge in [-0.25, -0.2) is 0 Å². The van der Waals surface area contributed by atoms with Crippen LogP contribution in [0.25, 0.3) is 0 Å². The molecule has 8 unspecified atom stereocenters. The molecule has 0 bridgehead atoms. The predicted octanol–water partition coefficient (Wildman–Crippen LogP) is 7.69. The van der Waals surface area contributed by atoms with Crippen molar-refractivity contribution < 1.29 is 51.9 Å². The lowest BCUT2D eigenvalue weighted by Gasteiger charge is -2.23. The standard InChI is InChI=1S/C35H66O12P2S4/c36-50(37,38)32-14-10-28(24-32)6-1-18-48(19-2-7-29-11-15-33(25-29)51(39,40)41)22-5-23-49(20-3-8-30-12-16-34(26-30)52(42,43)44)21-4-9-31-13-17-35(27-31)53(45,46)47/h28-35H,1-27H2,(H,36,37,38)(H,39,40,41)(H,42,43,44)(H,45,46,47). The molecule has 312 valence electrons. The molecule has 12 nitrogen and oxygen atoms in total. The molecule has 0 aromatic carbocycles. The molecule has 0 saturated heterocycles. The van der Waals surface area contributed by atoms with Crippen molar-refractivity contribution in [2.45, 2.75) is 156 Å². The lowest BCUT2D eigenvalue weighted by Crippen LogP contribution is -2.16. The van der Waals surface area contributed by atoms with E-state index in [-0.39, 0.29) is 15.8 Å². The minimum absolute atomic E-state index is 0.258. The summed E-state index contributed by atoms with van der Waals surface area (Å²) in [4.78, 5) is 0. The van der Waals surface area contributed by atoms with E-state index in [1.165, 1.54) is 0 Å². The van der Waals surface area contributed by atoms with E-state index >= 15 is 0 Å². The van der Waals surface area contributed by atoms with Crippen LogP contribution in [-0.4, -0.2) is 110 Å². The van der Waals surface area contributed by atoms with Crippen molar-refractivity contribution in [2.24, 2.45) is 23.7 Å². The lowest BCUT2D eigenvalue weighted by molar-refractivity contribution is 0.455. The van der Waals surface area contributed by atoms with Gasteiger partial charge < -0.3 is 0 Å². The van der Waals surface area contributed by atoms with Crippen molar-refractivity contribution in [1.82, 2.24) is 0 Å². The first kappa shape index (κ1) is 46.2. The molecule has 0 aromatic rings. The highest BCUT2D eigenvalue weighted by atomic mass is 32.2. The minimum Gasteiger partial charge on any atom is -0.285 e. The molecule has 0 spiro atoms. The molecule has 4 aliphatic carbocycles. The molecule has 0 heterocycles. The molecule has 4 N–H and O–H groups in total. The molecule has 4 saturated carbocycles. The SMILES string of the molecule is O=S(=O)(O)C1CCC(CCCP(CCCC2CCC(S(=O)(=O)O)C2)CCCP(CCCC2CCC(S(=O)(=O)O)C2)CCCC2CCC(S(=O)(=O)O)C2)C1. The molecule has 0 aliphatic heterocycles. The van der Waals surface area contributed by atoms with Crippen molar-refractivity contribution in [3.63, 3.8) is 0 Å². The third-order valence-electron chi connectivity index (χ3n) is 13.0. The molecule has 4 aliphatic rings. The Hall–Kier alpha value is 0.500. The molecule has 8 atom stereocenters. The Morgan fingerprint density at radius 1 is 0.340 bits per heavy atom. The monoisotopic (exact) mass is 868 g/mol. The van der Waals surface area contributed by atoms with Crippen molar-refractivity contribution in [3.05, 3.63) is 0 Å². The fourth-order valence-electron chi connectivity index (χ4n) is 9.85. The van der Waals surface area contributed by atoms with Crippen LogP contribution in [-0.2, 0) is 40.5 Å². The summed E-state index contributed by atoms with van der Waals surface area (Å²) in [5, 5.41) is -2.55. The normalized spacial score (nSPS) is 31.3. The van der Waals surface area contributed by atoms with Gasteiger partial charge in [0, 0.05) is 0 Å². The minimum atomic E-state index is -3.99. The second-order valence-electron chi connectivity index (χ2n) is 16.9. The van der Waals surface area contributed by atoms with Gasteiger partial charge in [0.25, 0.3) is 40.5 Å². The summed E-state index contributed by atoms with van der Waals surface area (Å²) < 4.78 is 131. The van der Waals surface area contributed by atoms with Crippen LogP contribution >= 0.6 is 15.8 Å². The Morgan fingerprint density at radius 2 is 0.547 bits per heavy atom. The molecular formula is C35H66O12P2S4. The highest BCUT2D eigenvalue weighted by Crippen LogP contribution is 2.46. The molecular weight excluding hydrogens is 803 g/mol. The van der Waals surface area contributed by atoms with Crippen LogP contribution in [0.2, 0.25) is 0 Å². The van der Waals surface area contributed by atoms with Gasteiger partial charge in [0.15, 0.2) is 0 Å². The van der Waals surface area contributed by atoms with E-state index in [4.69, 9.17) is 0 Å². The van der Waals surface area contributed by atoms with E-state index in [0.29, 0.717) is 75.0 Å². The molecule has 0 aromatic heterocycles. The maximum atomic E-state index is 11.7. The molecule has 4 rings (SSSR count). The molecule has 53 heavy (non-hydrogen) atoms. The van der Waals surface area contributed by atoms with Crippen LogP contribution in [0, 0.1) is 23.7 Å². The van der Waals surface area contributed by atoms with Crippen LogP contribution in [0.1, 0.15) is 135 Å². The lowest BCUT2D eigenvalue weighted by atomic mass is 10.0. The molecule has 0 radical (unpaired) electrons. The third-order valence-corrected chi connectivity index (χ3v) is 23.7. The van der Waals surface area contributed by atoms with Gasteiger partial charge in [-0.2, -0.15) is 33.7 Å². The average molecular weight is 869 g/mol. The van der Waals surface area contributed by atoms with E-state index in [9.17, 15) is 51.9 Å². The average Bonchev–Trinajstić information content (AvgIpc) is 3.86. The van der Waals surface area contributed by atoms with Gasteiger partial charge in [-0.3, -0.25) is 18.2 Å². The second kappa shape index (κ2) is 21.0. The van der Waals surface area contributed by atoms with E-state index in [0.717, 1.165) is 120 Å². The van der Waals surface area contributed by atoms with Crippen molar-refractivity contribution in [3.8, 4) is 0 Å². The van der Waals surface area contributed by atoms with E-state index in [1.54, 1.807) is 0 Å². The fourth-order valence-corrected chi connectivity index (χ4v) is 19.0. The summed E-state index contributed by atoms with van der Waals surface area (Å²) >= 11 is 0. The smallest absolute Gasteiger partial charge is 0.267 e. The van der Waals surface area contributed by atoms with Crippen LogP contribution < -0.4 is 0 Å². The zero-order valence-electron chi connectivity index (χ0n) is 31.3. The van der Waals surface area contributed by atoms with Gasteiger partial charge in [-0.1, -0.05) is 25.7 Å². The van der Waals surface area contributed by atoms with Crippen molar-refractivity contribution >= 4 is 56.3 Å². The summed E-state index contributed by atoms with van der Waals surface area (Å²) in [6.45, 7) is 0. The first-order valence-corrected chi connectivity index (χ1v) is 29.9. The zero-order chi connectivity index (χ0) is 38.9. The number of hydrogen-bond donors (Lipinski definition) is 4. The fraction of sp³-hybridized carbons (Fsp3) is 1.00. The second-order valence-corrected chi connectivity index (χ2v) is 29.0. The highest BCUT2D eigenvalue weighted by molar-refractivity contribution is 7.87. The van der Waals surface area contributed by atoms with Crippen molar-refractivity contribution in [1.29, 1.82) is 0 Å². The Balaban J connectivity index is 1.28. The Morgan fingerprint density at radius 3 is 0.736 bits per heavy atom. The highest BCUT2D eigenvalue weighted by Gasteiger charge is 2.36. The van der Waals surface area contributed by atoms with Gasteiger partial charge in [0.1, 0.15) is 0 Å². The number of rotatable bonds is 24. The Bertz CT molecular complexity index is 1350. The quantitative estimate of drug-likeness (QED) is 0.0542. The van der Waals surface area contributed by atoms with E-state index in [1.807, 2.05) is 0 Å². The molecule has 0 amide bonds. The summed E-state index contributed by atoms with van der Waals surface area (Å²) in [6, 6.07) is 0. The Kier molecular flexibility index (Phi) is 18.3. The topological polar surface area (TPSA) is 217 Å². The van der Waals surface area contributed by atoms with Crippen molar-refractivity contribution in [2.75, 3.05) is 37.0 Å². The largest absolute Gasteiger partial charge is 0.285 e. The summed E-state index contributed by atoms with van der Waals surface area (Å²) in [5.41, 5.74) is 0. The van der Waals surface area contributed by atoms with E-state index in [2.05, 4.69) is 0 Å². The predicted molar refractivity (Wildman–Crippen MR) is 215 cm³/mol. The van der Waals surface area contributed by atoms with Crippen LogP contribution in [0.4, 0.5) is 0 Å². The van der Waals surface area contributed by atoms with Gasteiger partial charge in [0.2, 0.25) is 0 Å². The van der Waals surface area contributed by atoms with Gasteiger partial charge in [0.05, 0.1) is 21.0 Å². The van der Waals surface area contributed by atoms with Gasteiger partial charge in [-0.15, -0.1) is 15.8 Å². The number of hydrogen-bond acceptors (Lipinski definition) is 8. The van der Waals surface area contributed by atoms with Gasteiger partial charge >= 0.3 is 0 Å². The van der Waals surface area contributed by atoms with Crippen LogP contribution in [0.5, 0.6) is 0 Å². The van der Waals surface area contributed by atoms with Gasteiger partial charge in [-0.05, 0) is 170 Å². The first-order valence-electron chi connectivity index (χ1n) is 20.1. The van der Waals surface area contributed by atoms with E-state index < -0.39 is 61.5 Å². The summed E-state index contributed by atoms with van der Waals surface area (Å²) in [6.07, 6.45) is 23.5. The molecule has 4 fully saturated rings. The molecule has 18 heteroatoms. The van der Waals surface area contributed by atoms with Crippen LogP contribution in [0.3, 0.4) is 0 Å². The maximum absolute atomic E-state index is 11.7. The maximum Gasteiger partial charge on any atom is 0.267 e. The summed E-state index contributed by atoms with van der Waals surface area (Å²) in [5.74, 6) is 1.29. The zero-order valence-corrected chi connectivity index (χ0v) is 36.3. The summed E-state index contributed by atoms with van der Waals surface area (Å²) in [7, 11) is -16.5. The Labute approximate surface area is 323 Å². The third kappa shape index (κ3) is 16.3. The first-order chi connectivity index (χ1) is 24.8.